The lowest BCUT2D eigenvalue weighted by atomic mass is 10.1. The molecule has 0 saturated heterocycles. The van der Waals surface area contributed by atoms with E-state index in [9.17, 15) is 13.2 Å². The first-order chi connectivity index (χ1) is 13.3. The van der Waals surface area contributed by atoms with Crippen molar-refractivity contribution < 1.29 is 22.5 Å². The lowest BCUT2D eigenvalue weighted by molar-refractivity contribution is -0.144. The second-order valence-electron chi connectivity index (χ2n) is 6.12. The van der Waals surface area contributed by atoms with E-state index in [4.69, 9.17) is 9.26 Å². The molecule has 28 heavy (non-hydrogen) atoms. The number of nitrogens with zero attached hydrogens (tertiary/aromatic N) is 2. The standard InChI is InChI=1S/C19H19N3O5S/c1-13-7-9-15(10-8-13)28(24,25)20-11-18(23)26-12-17-21-19(22-27-17)16-6-4-3-5-14(16)2/h3-10,20H,11-12H2,1-2H3. The van der Waals surface area contributed by atoms with E-state index in [1.807, 2.05) is 38.1 Å². The van der Waals surface area contributed by atoms with Crippen molar-refractivity contribution in [3.8, 4) is 11.4 Å². The first-order valence-electron chi connectivity index (χ1n) is 8.46. The lowest BCUT2D eigenvalue weighted by Crippen LogP contribution is -2.30. The number of aryl methyl sites for hydroxylation is 2. The molecule has 0 aliphatic carbocycles. The van der Waals surface area contributed by atoms with E-state index in [-0.39, 0.29) is 17.4 Å². The molecule has 0 aliphatic heterocycles. The smallest absolute Gasteiger partial charge is 0.321 e. The van der Waals surface area contributed by atoms with Crippen molar-refractivity contribution in [1.82, 2.24) is 14.9 Å². The fourth-order valence-electron chi connectivity index (χ4n) is 2.39. The number of carbonyl (C=O) groups excluding carboxylic acids is 1. The summed E-state index contributed by atoms with van der Waals surface area (Å²) in [6.45, 7) is 3.02. The molecule has 0 unspecified atom stereocenters. The molecule has 0 amide bonds. The van der Waals surface area contributed by atoms with Gasteiger partial charge in [-0.2, -0.15) is 9.71 Å². The highest BCUT2D eigenvalue weighted by Gasteiger charge is 2.17. The van der Waals surface area contributed by atoms with Crippen LogP contribution in [0.1, 0.15) is 17.0 Å². The molecule has 0 aliphatic rings. The summed E-state index contributed by atoms with van der Waals surface area (Å²) in [4.78, 5) is 16.1. The zero-order valence-corrected chi connectivity index (χ0v) is 16.2. The molecule has 146 valence electrons. The average molecular weight is 401 g/mol. The zero-order valence-electron chi connectivity index (χ0n) is 15.4. The van der Waals surface area contributed by atoms with Gasteiger partial charge in [0.1, 0.15) is 6.54 Å². The van der Waals surface area contributed by atoms with E-state index in [1.165, 1.54) is 12.1 Å². The number of benzene rings is 2. The van der Waals surface area contributed by atoms with Crippen molar-refractivity contribution in [2.45, 2.75) is 25.3 Å². The maximum Gasteiger partial charge on any atom is 0.321 e. The van der Waals surface area contributed by atoms with Gasteiger partial charge in [-0.3, -0.25) is 4.79 Å². The highest BCUT2D eigenvalue weighted by Crippen LogP contribution is 2.19. The lowest BCUT2D eigenvalue weighted by Gasteiger charge is -2.06. The molecule has 0 saturated carbocycles. The van der Waals surface area contributed by atoms with Crippen LogP contribution in [0.25, 0.3) is 11.4 Å². The van der Waals surface area contributed by atoms with Crippen LogP contribution in [-0.2, 0) is 26.2 Å². The molecule has 0 atom stereocenters. The fourth-order valence-corrected chi connectivity index (χ4v) is 3.36. The van der Waals surface area contributed by atoms with Crippen molar-refractivity contribution in [1.29, 1.82) is 0 Å². The van der Waals surface area contributed by atoms with Crippen molar-refractivity contribution >= 4 is 16.0 Å². The van der Waals surface area contributed by atoms with Crippen LogP contribution in [0.3, 0.4) is 0 Å². The fraction of sp³-hybridized carbons (Fsp3) is 0.211. The molecule has 0 fully saturated rings. The maximum atomic E-state index is 12.2. The summed E-state index contributed by atoms with van der Waals surface area (Å²) in [6, 6.07) is 13.8. The van der Waals surface area contributed by atoms with Gasteiger partial charge in [-0.15, -0.1) is 0 Å². The van der Waals surface area contributed by atoms with E-state index in [0.29, 0.717) is 5.82 Å². The monoisotopic (exact) mass is 401 g/mol. The minimum absolute atomic E-state index is 0.0747. The molecular formula is C19H19N3O5S. The Morgan fingerprint density at radius 1 is 1.11 bits per heavy atom. The highest BCUT2D eigenvalue weighted by atomic mass is 32.2. The summed E-state index contributed by atoms with van der Waals surface area (Å²) in [6.07, 6.45) is 0. The van der Waals surface area contributed by atoms with Gasteiger partial charge in [-0.25, -0.2) is 8.42 Å². The number of esters is 1. The van der Waals surface area contributed by atoms with Gasteiger partial charge in [0, 0.05) is 5.56 Å². The number of carbonyl (C=O) groups is 1. The Bertz CT molecular complexity index is 1070. The van der Waals surface area contributed by atoms with Crippen LogP contribution < -0.4 is 4.72 Å². The van der Waals surface area contributed by atoms with Crippen LogP contribution in [0.15, 0.2) is 57.9 Å². The summed E-state index contributed by atoms with van der Waals surface area (Å²) in [5, 5.41) is 3.87. The molecule has 0 bridgehead atoms. The molecule has 0 spiro atoms. The van der Waals surface area contributed by atoms with Gasteiger partial charge >= 0.3 is 5.97 Å². The third-order valence-electron chi connectivity index (χ3n) is 3.95. The van der Waals surface area contributed by atoms with Gasteiger partial charge in [0.05, 0.1) is 4.90 Å². The maximum absolute atomic E-state index is 12.2. The van der Waals surface area contributed by atoms with Gasteiger partial charge in [-0.05, 0) is 31.5 Å². The highest BCUT2D eigenvalue weighted by molar-refractivity contribution is 7.89. The average Bonchev–Trinajstić information content (AvgIpc) is 3.14. The van der Waals surface area contributed by atoms with Crippen molar-refractivity contribution in [2.24, 2.45) is 0 Å². The number of hydrogen-bond acceptors (Lipinski definition) is 7. The van der Waals surface area contributed by atoms with Gasteiger partial charge < -0.3 is 9.26 Å². The van der Waals surface area contributed by atoms with E-state index in [2.05, 4.69) is 14.9 Å². The summed E-state index contributed by atoms with van der Waals surface area (Å²) < 4.78 is 36.6. The Morgan fingerprint density at radius 3 is 2.54 bits per heavy atom. The predicted molar refractivity (Wildman–Crippen MR) is 101 cm³/mol. The quantitative estimate of drug-likeness (QED) is 0.605. The SMILES string of the molecule is Cc1ccc(S(=O)(=O)NCC(=O)OCc2nc(-c3ccccc3C)no2)cc1. The first-order valence-corrected chi connectivity index (χ1v) is 9.94. The molecule has 3 aromatic rings. The van der Waals surface area contributed by atoms with Crippen LogP contribution >= 0.6 is 0 Å². The molecule has 8 nitrogen and oxygen atoms in total. The predicted octanol–water partition coefficient (Wildman–Crippen LogP) is 2.38. The van der Waals surface area contributed by atoms with Crippen molar-refractivity contribution in [3.63, 3.8) is 0 Å². The second-order valence-corrected chi connectivity index (χ2v) is 7.89. The third-order valence-corrected chi connectivity index (χ3v) is 5.37. The molecule has 3 rings (SSSR count). The summed E-state index contributed by atoms with van der Waals surface area (Å²) in [5.74, 6) is -0.247. The van der Waals surface area contributed by atoms with E-state index < -0.39 is 22.5 Å². The first kappa shape index (κ1) is 19.7. The minimum atomic E-state index is -3.79. The number of hydrogen-bond donors (Lipinski definition) is 1. The van der Waals surface area contributed by atoms with E-state index in [0.717, 1.165) is 16.7 Å². The van der Waals surface area contributed by atoms with E-state index >= 15 is 0 Å². The van der Waals surface area contributed by atoms with Crippen LogP contribution in [-0.4, -0.2) is 31.1 Å². The number of ether oxygens (including phenoxy) is 1. The Hall–Kier alpha value is -3.04. The van der Waals surface area contributed by atoms with Gasteiger partial charge in [0.15, 0.2) is 6.61 Å². The summed E-state index contributed by atoms with van der Waals surface area (Å²) in [7, 11) is -3.79. The van der Waals surface area contributed by atoms with Crippen molar-refractivity contribution in [3.05, 3.63) is 65.5 Å². The Balaban J connectivity index is 1.54. The molecule has 2 aromatic carbocycles. The molecule has 0 radical (unpaired) electrons. The van der Waals surface area contributed by atoms with Crippen LogP contribution in [0, 0.1) is 13.8 Å². The minimum Gasteiger partial charge on any atom is -0.455 e. The number of aromatic nitrogens is 2. The number of sulfonamides is 1. The number of nitrogens with one attached hydrogen (secondary N) is 1. The van der Waals surface area contributed by atoms with Gasteiger partial charge in [0.25, 0.3) is 5.89 Å². The molecular weight excluding hydrogens is 382 g/mol. The van der Waals surface area contributed by atoms with Gasteiger partial charge in [0.2, 0.25) is 15.8 Å². The largest absolute Gasteiger partial charge is 0.455 e. The normalized spacial score (nSPS) is 11.4. The summed E-state index contributed by atoms with van der Waals surface area (Å²) in [5.41, 5.74) is 2.73. The zero-order chi connectivity index (χ0) is 20.1. The Kier molecular flexibility index (Phi) is 5.86. The Labute approximate surface area is 162 Å². The molecule has 1 N–H and O–H groups in total. The molecule has 1 heterocycles. The van der Waals surface area contributed by atoms with Gasteiger partial charge in [-0.1, -0.05) is 47.1 Å². The van der Waals surface area contributed by atoms with Crippen molar-refractivity contribution in [2.75, 3.05) is 6.54 Å². The Morgan fingerprint density at radius 2 is 1.82 bits per heavy atom. The topological polar surface area (TPSA) is 111 Å². The second kappa shape index (κ2) is 8.32. The van der Waals surface area contributed by atoms with Crippen LogP contribution in [0.4, 0.5) is 0 Å². The third kappa shape index (κ3) is 4.81. The van der Waals surface area contributed by atoms with Crippen LogP contribution in [0.5, 0.6) is 0 Å². The van der Waals surface area contributed by atoms with E-state index in [1.54, 1.807) is 12.1 Å². The summed E-state index contributed by atoms with van der Waals surface area (Å²) >= 11 is 0. The number of rotatable bonds is 7. The molecule has 9 heteroatoms. The van der Waals surface area contributed by atoms with Crippen LogP contribution in [0.2, 0.25) is 0 Å². The molecule has 1 aromatic heterocycles.